The van der Waals surface area contributed by atoms with Crippen molar-refractivity contribution in [2.45, 2.75) is 44.0 Å². The summed E-state index contributed by atoms with van der Waals surface area (Å²) in [6.07, 6.45) is -2.42. The average Bonchev–Trinajstić information content (AvgIpc) is 3.38. The van der Waals surface area contributed by atoms with Gasteiger partial charge in [0.05, 0.1) is 20.8 Å². The van der Waals surface area contributed by atoms with Crippen LogP contribution >= 0.6 is 0 Å². The van der Waals surface area contributed by atoms with Crippen LogP contribution in [0, 0.1) is 6.92 Å². The fraction of sp³-hybridized carbons (Fsp3) is 0.324. The Kier molecular flexibility index (Phi) is 9.64. The number of anilines is 1. The van der Waals surface area contributed by atoms with E-state index in [0.717, 1.165) is 16.7 Å². The minimum atomic E-state index is -1.15. The molecule has 1 amide bonds. The van der Waals surface area contributed by atoms with Crippen LogP contribution in [0.25, 0.3) is 0 Å². The average molecular weight is 616 g/mol. The second-order valence-corrected chi connectivity index (χ2v) is 10.7. The van der Waals surface area contributed by atoms with Gasteiger partial charge in [-0.2, -0.15) is 4.98 Å². The van der Waals surface area contributed by atoms with Crippen molar-refractivity contribution in [1.29, 1.82) is 0 Å². The smallest absolute Gasteiger partial charge is 0.351 e. The summed E-state index contributed by atoms with van der Waals surface area (Å²) in [6, 6.07) is 25.0. The van der Waals surface area contributed by atoms with E-state index in [2.05, 4.69) is 10.3 Å². The molecule has 1 fully saturated rings. The molecule has 5 rings (SSSR count). The number of nitrogens with zero attached hydrogens (tertiary/aromatic N) is 2. The number of hydrogen-bond acceptors (Lipinski definition) is 9. The first-order valence-corrected chi connectivity index (χ1v) is 14.4. The number of aliphatic hydroxyl groups is 1. The largest absolute Gasteiger partial charge is 0.497 e. The molecule has 45 heavy (non-hydrogen) atoms. The number of carbonyl (C=O) groups is 1. The molecule has 1 aromatic heterocycles. The Labute approximate surface area is 261 Å². The molecule has 0 spiro atoms. The fourth-order valence-corrected chi connectivity index (χ4v) is 5.66. The highest BCUT2D eigenvalue weighted by Gasteiger charge is 2.48. The van der Waals surface area contributed by atoms with E-state index >= 15 is 0 Å². The van der Waals surface area contributed by atoms with E-state index in [1.165, 1.54) is 24.8 Å². The van der Waals surface area contributed by atoms with Crippen LogP contribution in [0.5, 0.6) is 11.5 Å². The fourth-order valence-electron chi connectivity index (χ4n) is 5.66. The van der Waals surface area contributed by atoms with E-state index in [1.54, 1.807) is 21.1 Å². The number of ether oxygens (including phenoxy) is 5. The number of amides is 1. The summed E-state index contributed by atoms with van der Waals surface area (Å²) in [5.74, 6) is 1.19. The lowest BCUT2D eigenvalue weighted by Crippen LogP contribution is -2.40. The van der Waals surface area contributed by atoms with Crippen LogP contribution in [-0.2, 0) is 24.6 Å². The van der Waals surface area contributed by atoms with Crippen LogP contribution in [0.15, 0.2) is 89.9 Å². The third-order valence-electron chi connectivity index (χ3n) is 7.93. The summed E-state index contributed by atoms with van der Waals surface area (Å²) < 4.78 is 30.9. The summed E-state index contributed by atoms with van der Waals surface area (Å²) in [5.41, 5.74) is 1.21. The second-order valence-electron chi connectivity index (χ2n) is 10.7. The van der Waals surface area contributed by atoms with Crippen LogP contribution in [0.1, 0.15) is 35.4 Å². The van der Waals surface area contributed by atoms with E-state index in [4.69, 9.17) is 23.7 Å². The Morgan fingerprint density at radius 2 is 1.49 bits per heavy atom. The third-order valence-corrected chi connectivity index (χ3v) is 7.93. The number of aliphatic hydroxyl groups excluding tert-OH is 1. The Bertz CT molecular complexity index is 1610. The van der Waals surface area contributed by atoms with Crippen molar-refractivity contribution in [3.8, 4) is 11.5 Å². The molecule has 0 radical (unpaired) electrons. The molecular weight excluding hydrogens is 578 g/mol. The van der Waals surface area contributed by atoms with E-state index in [9.17, 15) is 14.7 Å². The Morgan fingerprint density at radius 3 is 2.00 bits per heavy atom. The van der Waals surface area contributed by atoms with E-state index in [-0.39, 0.29) is 18.3 Å². The lowest BCUT2D eigenvalue weighted by molar-refractivity contribution is -0.114. The normalized spacial score (nSPS) is 19.7. The van der Waals surface area contributed by atoms with Gasteiger partial charge in [-0.1, -0.05) is 54.6 Å². The first-order valence-electron chi connectivity index (χ1n) is 14.4. The lowest BCUT2D eigenvalue weighted by Gasteiger charge is -2.37. The number of rotatable bonds is 11. The van der Waals surface area contributed by atoms with Gasteiger partial charge in [0.2, 0.25) is 5.91 Å². The monoisotopic (exact) mass is 615 g/mol. The number of nitrogens with one attached hydrogen (secondary N) is 1. The van der Waals surface area contributed by atoms with Gasteiger partial charge >= 0.3 is 5.69 Å². The van der Waals surface area contributed by atoms with E-state index < -0.39 is 35.8 Å². The molecule has 2 heterocycles. The molecule has 11 nitrogen and oxygen atoms in total. The molecule has 1 aliphatic heterocycles. The summed E-state index contributed by atoms with van der Waals surface area (Å²) in [7, 11) is 4.65. The Morgan fingerprint density at radius 1 is 0.933 bits per heavy atom. The topological polar surface area (TPSA) is 130 Å². The minimum absolute atomic E-state index is 0.0738. The first kappa shape index (κ1) is 31.9. The molecule has 4 atom stereocenters. The number of benzene rings is 3. The summed E-state index contributed by atoms with van der Waals surface area (Å²) >= 11 is 0. The van der Waals surface area contributed by atoms with Crippen molar-refractivity contribution < 1.29 is 33.6 Å². The van der Waals surface area contributed by atoms with Gasteiger partial charge < -0.3 is 34.1 Å². The van der Waals surface area contributed by atoms with Crippen LogP contribution in [-0.4, -0.2) is 66.8 Å². The highest BCUT2D eigenvalue weighted by atomic mass is 16.6. The SMILES string of the molecule is COc1ccc(C(OCC2OC(n3cc(C)c(NC(C)=O)nc3=O)C(OC)C2O)(c2ccccc2)c2ccc(OC)cc2)cc1. The molecule has 0 bridgehead atoms. The van der Waals surface area contributed by atoms with Gasteiger partial charge in [-0.05, 0) is 47.9 Å². The Balaban J connectivity index is 1.54. The van der Waals surface area contributed by atoms with Crippen molar-refractivity contribution >= 4 is 11.7 Å². The lowest BCUT2D eigenvalue weighted by atomic mass is 9.80. The molecule has 1 aliphatic rings. The molecule has 236 valence electrons. The molecule has 4 unspecified atom stereocenters. The maximum atomic E-state index is 13.0. The Hall–Kier alpha value is -4.55. The van der Waals surface area contributed by atoms with Crippen molar-refractivity contribution in [1.82, 2.24) is 9.55 Å². The maximum absolute atomic E-state index is 13.0. The highest BCUT2D eigenvalue weighted by molar-refractivity contribution is 5.88. The zero-order valence-corrected chi connectivity index (χ0v) is 25.8. The zero-order chi connectivity index (χ0) is 32.1. The van der Waals surface area contributed by atoms with Gasteiger partial charge in [-0.3, -0.25) is 9.36 Å². The second kappa shape index (κ2) is 13.6. The van der Waals surface area contributed by atoms with Gasteiger partial charge in [-0.25, -0.2) is 4.79 Å². The molecule has 3 aromatic carbocycles. The van der Waals surface area contributed by atoms with Crippen molar-refractivity contribution in [3.05, 3.63) is 118 Å². The van der Waals surface area contributed by atoms with Gasteiger partial charge in [0.15, 0.2) is 6.23 Å². The van der Waals surface area contributed by atoms with Crippen molar-refractivity contribution in [2.75, 3.05) is 33.3 Å². The van der Waals surface area contributed by atoms with Crippen LogP contribution < -0.4 is 20.5 Å². The first-order chi connectivity index (χ1) is 21.7. The summed E-state index contributed by atoms with van der Waals surface area (Å²) in [4.78, 5) is 28.6. The number of carbonyl (C=O) groups excluding carboxylic acids is 1. The standard InChI is InChI=1S/C34H37N3O8/c1-21-19-37(33(40)36-31(21)35-22(2)38)32-30(43-5)29(39)28(45-32)20-44-34(23-9-7-6-8-10-23,24-11-15-26(41-3)16-12-24)25-13-17-27(42-4)18-14-25/h6-19,28-30,32,39H,20H2,1-5H3,(H,35,36,38,40). The summed E-state index contributed by atoms with van der Waals surface area (Å²) in [5, 5.41) is 14.0. The zero-order valence-electron chi connectivity index (χ0n) is 25.8. The number of hydrogen-bond donors (Lipinski definition) is 2. The highest BCUT2D eigenvalue weighted by Crippen LogP contribution is 2.43. The van der Waals surface area contributed by atoms with Crippen LogP contribution in [0.2, 0.25) is 0 Å². The molecule has 0 saturated carbocycles. The quantitative estimate of drug-likeness (QED) is 0.242. The van der Waals surface area contributed by atoms with Crippen LogP contribution in [0.4, 0.5) is 5.82 Å². The minimum Gasteiger partial charge on any atom is -0.497 e. The predicted molar refractivity (Wildman–Crippen MR) is 167 cm³/mol. The number of aryl methyl sites for hydroxylation is 1. The third kappa shape index (κ3) is 6.34. The van der Waals surface area contributed by atoms with Crippen molar-refractivity contribution in [2.24, 2.45) is 0 Å². The molecule has 4 aromatic rings. The number of aromatic nitrogens is 2. The van der Waals surface area contributed by atoms with Gasteiger partial charge in [0, 0.05) is 25.8 Å². The maximum Gasteiger partial charge on any atom is 0.351 e. The molecule has 0 aliphatic carbocycles. The molecule has 2 N–H and O–H groups in total. The van der Waals surface area contributed by atoms with Gasteiger partial charge in [0.25, 0.3) is 0 Å². The van der Waals surface area contributed by atoms with Crippen LogP contribution in [0.3, 0.4) is 0 Å². The van der Waals surface area contributed by atoms with Gasteiger partial charge in [-0.15, -0.1) is 0 Å². The molecule has 1 saturated heterocycles. The predicted octanol–water partition coefficient (Wildman–Crippen LogP) is 3.81. The molecule has 11 heteroatoms. The van der Waals surface area contributed by atoms with E-state index in [1.807, 2.05) is 78.9 Å². The summed E-state index contributed by atoms with van der Waals surface area (Å²) in [6.45, 7) is 2.97. The van der Waals surface area contributed by atoms with E-state index in [0.29, 0.717) is 17.1 Å². The van der Waals surface area contributed by atoms with Gasteiger partial charge in [0.1, 0.15) is 41.2 Å². The molecular formula is C34H37N3O8. The number of methoxy groups -OCH3 is 3. The van der Waals surface area contributed by atoms with Crippen molar-refractivity contribution in [3.63, 3.8) is 0 Å².